The van der Waals surface area contributed by atoms with E-state index in [1.54, 1.807) is 14.2 Å². The number of aromatic nitrogens is 3. The van der Waals surface area contributed by atoms with Gasteiger partial charge in [0.05, 0.1) is 19.9 Å². The Morgan fingerprint density at radius 2 is 1.87 bits per heavy atom. The number of fused-ring (bicyclic) bond motifs is 1. The number of hydrogen-bond donors (Lipinski definition) is 0. The lowest BCUT2D eigenvalue weighted by Gasteiger charge is -2.28. The molecule has 154 valence electrons. The number of nitrogens with zero attached hydrogens (tertiary/aromatic N) is 4. The Balaban J connectivity index is 1.26. The molecule has 2 aromatic heterocycles. The third-order valence-corrected chi connectivity index (χ3v) is 5.88. The fraction of sp³-hybridized carbons (Fsp3) is 0.375. The molecule has 3 aromatic rings. The summed E-state index contributed by atoms with van der Waals surface area (Å²) in [5, 5.41) is 0. The summed E-state index contributed by atoms with van der Waals surface area (Å²) in [4.78, 5) is 16.5. The summed E-state index contributed by atoms with van der Waals surface area (Å²) in [6, 6.07) is 10.1. The molecule has 3 heterocycles. The van der Waals surface area contributed by atoms with Crippen molar-refractivity contribution in [2.24, 2.45) is 0 Å². The van der Waals surface area contributed by atoms with E-state index in [0.717, 1.165) is 48.9 Å². The number of rotatable bonds is 6. The van der Waals surface area contributed by atoms with Gasteiger partial charge >= 0.3 is 0 Å². The van der Waals surface area contributed by atoms with Crippen molar-refractivity contribution in [3.8, 4) is 22.8 Å². The van der Waals surface area contributed by atoms with Crippen molar-refractivity contribution in [3.05, 3.63) is 65.4 Å². The Kier molecular flexibility index (Phi) is 5.09. The summed E-state index contributed by atoms with van der Waals surface area (Å²) >= 11 is 0. The molecule has 5 rings (SSSR count). The average molecular weight is 402 g/mol. The average Bonchev–Trinajstić information content (AvgIpc) is 3.64. The smallest absolute Gasteiger partial charge is 0.161 e. The van der Waals surface area contributed by atoms with Gasteiger partial charge in [-0.2, -0.15) is 0 Å². The minimum Gasteiger partial charge on any atom is -0.493 e. The van der Waals surface area contributed by atoms with Crippen molar-refractivity contribution in [1.29, 1.82) is 0 Å². The molecule has 1 fully saturated rings. The van der Waals surface area contributed by atoms with Gasteiger partial charge < -0.3 is 9.47 Å². The minimum atomic E-state index is 0.614. The maximum absolute atomic E-state index is 5.41. The Morgan fingerprint density at radius 3 is 2.60 bits per heavy atom. The highest BCUT2D eigenvalue weighted by molar-refractivity contribution is 5.64. The Morgan fingerprint density at radius 1 is 1.00 bits per heavy atom. The van der Waals surface area contributed by atoms with Crippen LogP contribution in [0.15, 0.2) is 42.7 Å². The van der Waals surface area contributed by atoms with E-state index in [9.17, 15) is 0 Å². The second kappa shape index (κ2) is 8.03. The molecule has 1 saturated carbocycles. The van der Waals surface area contributed by atoms with E-state index < -0.39 is 0 Å². The van der Waals surface area contributed by atoms with Crippen LogP contribution in [0.3, 0.4) is 0 Å². The van der Waals surface area contributed by atoms with Gasteiger partial charge in [0.2, 0.25) is 0 Å². The van der Waals surface area contributed by atoms with Crippen LogP contribution < -0.4 is 9.47 Å². The molecule has 0 radical (unpaired) electrons. The second-order valence-corrected chi connectivity index (χ2v) is 8.06. The van der Waals surface area contributed by atoms with E-state index in [1.165, 1.54) is 29.7 Å². The SMILES string of the molecule is COc1ccc(-c2ccc(CN3CCc4nc(C5CC5)ncc4C3)cn2)cc1OC. The topological polar surface area (TPSA) is 60.4 Å². The second-order valence-electron chi connectivity index (χ2n) is 8.06. The van der Waals surface area contributed by atoms with Gasteiger partial charge in [-0.25, -0.2) is 9.97 Å². The predicted octanol–water partition coefficient (Wildman–Crippen LogP) is 3.99. The lowest BCUT2D eigenvalue weighted by atomic mass is 10.1. The van der Waals surface area contributed by atoms with Crippen LogP contribution in [0.1, 0.15) is 41.4 Å². The van der Waals surface area contributed by atoms with Gasteiger partial charge in [0.15, 0.2) is 11.5 Å². The Bertz CT molecular complexity index is 1050. The zero-order valence-electron chi connectivity index (χ0n) is 17.5. The first kappa shape index (κ1) is 19.0. The molecular weight excluding hydrogens is 376 g/mol. The normalized spacial score (nSPS) is 16.2. The predicted molar refractivity (Wildman–Crippen MR) is 115 cm³/mol. The highest BCUT2D eigenvalue weighted by Crippen LogP contribution is 2.38. The zero-order chi connectivity index (χ0) is 20.5. The summed E-state index contributed by atoms with van der Waals surface area (Å²) in [6.45, 7) is 2.80. The van der Waals surface area contributed by atoms with E-state index in [2.05, 4.69) is 27.0 Å². The number of benzene rings is 1. The van der Waals surface area contributed by atoms with E-state index in [-0.39, 0.29) is 0 Å². The van der Waals surface area contributed by atoms with Crippen molar-refractivity contribution >= 4 is 0 Å². The van der Waals surface area contributed by atoms with Crippen LogP contribution in [0.4, 0.5) is 0 Å². The van der Waals surface area contributed by atoms with Gasteiger partial charge in [0.25, 0.3) is 0 Å². The third-order valence-electron chi connectivity index (χ3n) is 5.88. The monoisotopic (exact) mass is 402 g/mol. The van der Waals surface area contributed by atoms with Gasteiger partial charge in [-0.1, -0.05) is 6.07 Å². The molecule has 0 bridgehead atoms. The largest absolute Gasteiger partial charge is 0.493 e. The molecule has 0 spiro atoms. The highest BCUT2D eigenvalue weighted by Gasteiger charge is 2.28. The van der Waals surface area contributed by atoms with Gasteiger partial charge in [-0.15, -0.1) is 0 Å². The summed E-state index contributed by atoms with van der Waals surface area (Å²) in [6.07, 6.45) is 7.50. The fourth-order valence-corrected chi connectivity index (χ4v) is 4.01. The lowest BCUT2D eigenvalue weighted by molar-refractivity contribution is 0.242. The maximum atomic E-state index is 5.41. The number of pyridine rings is 1. The molecule has 6 heteroatoms. The van der Waals surface area contributed by atoms with Crippen molar-refractivity contribution in [2.45, 2.75) is 38.3 Å². The van der Waals surface area contributed by atoms with Crippen LogP contribution in [0.25, 0.3) is 11.3 Å². The highest BCUT2D eigenvalue weighted by atomic mass is 16.5. The van der Waals surface area contributed by atoms with Crippen LogP contribution in [-0.4, -0.2) is 40.6 Å². The Hall–Kier alpha value is -2.99. The molecule has 1 aromatic carbocycles. The molecule has 0 N–H and O–H groups in total. The van der Waals surface area contributed by atoms with Gasteiger partial charge in [-0.3, -0.25) is 9.88 Å². The quantitative estimate of drug-likeness (QED) is 0.621. The first-order valence-corrected chi connectivity index (χ1v) is 10.5. The lowest BCUT2D eigenvalue weighted by Crippen LogP contribution is -2.31. The molecule has 1 aliphatic heterocycles. The molecule has 30 heavy (non-hydrogen) atoms. The molecule has 0 unspecified atom stereocenters. The first-order chi connectivity index (χ1) is 14.7. The van der Waals surface area contributed by atoms with Crippen LogP contribution in [-0.2, 0) is 19.5 Å². The number of hydrogen-bond acceptors (Lipinski definition) is 6. The van der Waals surface area contributed by atoms with Gasteiger partial charge in [0.1, 0.15) is 5.82 Å². The van der Waals surface area contributed by atoms with E-state index in [1.807, 2.05) is 30.6 Å². The molecule has 6 nitrogen and oxygen atoms in total. The van der Waals surface area contributed by atoms with Crippen molar-refractivity contribution in [1.82, 2.24) is 19.9 Å². The third kappa shape index (κ3) is 3.87. The maximum Gasteiger partial charge on any atom is 0.161 e. The summed E-state index contributed by atoms with van der Waals surface area (Å²) < 4.78 is 10.7. The van der Waals surface area contributed by atoms with E-state index >= 15 is 0 Å². The van der Waals surface area contributed by atoms with Crippen LogP contribution >= 0.6 is 0 Å². The van der Waals surface area contributed by atoms with Crippen LogP contribution in [0, 0.1) is 0 Å². The summed E-state index contributed by atoms with van der Waals surface area (Å²) in [5.74, 6) is 3.09. The molecule has 0 amide bonds. The van der Waals surface area contributed by atoms with E-state index in [0.29, 0.717) is 11.7 Å². The standard InChI is InChI=1S/C24H26N4O2/c1-29-22-8-6-18(11-23(22)30-2)20-7-3-16(12-25-20)14-28-10-9-21-19(15-28)13-26-24(27-21)17-4-5-17/h3,6-8,11-13,17H,4-5,9-10,14-15H2,1-2H3. The summed E-state index contributed by atoms with van der Waals surface area (Å²) in [7, 11) is 3.29. The molecule has 2 aliphatic rings. The Labute approximate surface area is 176 Å². The number of ether oxygens (including phenoxy) is 2. The molecule has 1 aliphatic carbocycles. The van der Waals surface area contributed by atoms with Gasteiger partial charge in [-0.05, 0) is 42.7 Å². The number of methoxy groups -OCH3 is 2. The minimum absolute atomic E-state index is 0.614. The van der Waals surface area contributed by atoms with Crippen molar-refractivity contribution in [2.75, 3.05) is 20.8 Å². The van der Waals surface area contributed by atoms with Crippen LogP contribution in [0.5, 0.6) is 11.5 Å². The molecule has 0 saturated heterocycles. The van der Waals surface area contributed by atoms with E-state index in [4.69, 9.17) is 14.5 Å². The van der Waals surface area contributed by atoms with Crippen LogP contribution in [0.2, 0.25) is 0 Å². The molecular formula is C24H26N4O2. The van der Waals surface area contributed by atoms with Crippen molar-refractivity contribution < 1.29 is 9.47 Å². The first-order valence-electron chi connectivity index (χ1n) is 10.5. The zero-order valence-corrected chi connectivity index (χ0v) is 17.5. The van der Waals surface area contributed by atoms with Crippen molar-refractivity contribution in [3.63, 3.8) is 0 Å². The molecule has 0 atom stereocenters. The van der Waals surface area contributed by atoms with Gasteiger partial charge in [0, 0.05) is 61.2 Å². The summed E-state index contributed by atoms with van der Waals surface area (Å²) in [5.41, 5.74) is 5.64. The fourth-order valence-electron chi connectivity index (χ4n) is 4.01.